The molecule has 5 heteroatoms. The van der Waals surface area contributed by atoms with E-state index in [9.17, 15) is 5.11 Å². The number of likely N-dealkylation sites (tertiary alicyclic amines) is 1. The lowest BCUT2D eigenvalue weighted by molar-refractivity contribution is 0.0331. The average Bonchev–Trinajstić information content (AvgIpc) is 3.14. The summed E-state index contributed by atoms with van der Waals surface area (Å²) in [7, 11) is 0. The molecule has 2 heterocycles. The highest BCUT2D eigenvalue weighted by molar-refractivity contribution is 5.33. The second-order valence-corrected chi connectivity index (χ2v) is 7.54. The lowest BCUT2D eigenvalue weighted by Gasteiger charge is -2.37. The zero-order valence-electron chi connectivity index (χ0n) is 15.0. The van der Waals surface area contributed by atoms with Crippen molar-refractivity contribution in [1.82, 2.24) is 15.4 Å². The van der Waals surface area contributed by atoms with Gasteiger partial charge in [0.2, 0.25) is 0 Å². The highest BCUT2D eigenvalue weighted by Gasteiger charge is 2.31. The Morgan fingerprint density at radius 3 is 2.56 bits per heavy atom. The molecule has 2 aliphatic rings. The first kappa shape index (κ1) is 16.8. The number of β-amino-alcohol motifs (C(OH)–C–C–N with tert-alkyl or cyclic N) is 1. The van der Waals surface area contributed by atoms with Crippen molar-refractivity contribution < 1.29 is 9.63 Å². The van der Waals surface area contributed by atoms with E-state index in [1.54, 1.807) is 0 Å². The van der Waals surface area contributed by atoms with Gasteiger partial charge in [-0.15, -0.1) is 0 Å². The molecule has 0 spiro atoms. The fraction of sp³-hybridized carbons (Fsp3) is 0.550. The second kappa shape index (κ2) is 6.90. The first-order chi connectivity index (χ1) is 12.1. The summed E-state index contributed by atoms with van der Waals surface area (Å²) in [4.78, 5) is 2.30. The Labute approximate surface area is 149 Å². The summed E-state index contributed by atoms with van der Waals surface area (Å²) in [5, 5.41) is 18.4. The van der Waals surface area contributed by atoms with Crippen molar-refractivity contribution in [2.75, 3.05) is 13.1 Å². The Kier molecular flexibility index (Phi) is 4.63. The first-order valence-corrected chi connectivity index (χ1v) is 9.25. The van der Waals surface area contributed by atoms with Crippen molar-refractivity contribution in [3.05, 3.63) is 52.4 Å². The van der Waals surface area contributed by atoms with Crippen LogP contribution in [0.1, 0.15) is 34.6 Å². The summed E-state index contributed by atoms with van der Waals surface area (Å²) in [5.74, 6) is 0.885. The minimum atomic E-state index is -0.335. The Hall–Kier alpha value is -1.69. The summed E-state index contributed by atoms with van der Waals surface area (Å²) >= 11 is 0. The van der Waals surface area contributed by atoms with Gasteiger partial charge in [-0.2, -0.15) is 0 Å². The van der Waals surface area contributed by atoms with E-state index >= 15 is 0 Å². The number of benzene rings is 1. The molecule has 1 fully saturated rings. The number of hydrogen-bond donors (Lipinski definition) is 2. The van der Waals surface area contributed by atoms with E-state index in [0.717, 1.165) is 49.4 Å². The van der Waals surface area contributed by atoms with Crippen LogP contribution in [0.3, 0.4) is 0 Å². The Morgan fingerprint density at radius 2 is 1.96 bits per heavy atom. The first-order valence-electron chi connectivity index (χ1n) is 9.25. The number of hydrogen-bond acceptors (Lipinski definition) is 5. The van der Waals surface area contributed by atoms with E-state index in [-0.39, 0.29) is 12.1 Å². The predicted molar refractivity (Wildman–Crippen MR) is 96.4 cm³/mol. The molecule has 1 saturated heterocycles. The van der Waals surface area contributed by atoms with Gasteiger partial charge in [0.05, 0.1) is 11.8 Å². The van der Waals surface area contributed by atoms with Crippen LogP contribution in [0.25, 0.3) is 0 Å². The lowest BCUT2D eigenvalue weighted by atomic mass is 9.99. The van der Waals surface area contributed by atoms with E-state index in [1.807, 2.05) is 13.8 Å². The van der Waals surface area contributed by atoms with E-state index in [1.165, 1.54) is 11.1 Å². The maximum Gasteiger partial charge on any atom is 0.138 e. The van der Waals surface area contributed by atoms with Crippen LogP contribution < -0.4 is 5.32 Å². The Balaban J connectivity index is 1.32. The van der Waals surface area contributed by atoms with E-state index < -0.39 is 0 Å². The maximum absolute atomic E-state index is 10.6. The van der Waals surface area contributed by atoms with Gasteiger partial charge in [-0.1, -0.05) is 29.4 Å². The number of nitrogens with one attached hydrogen (secondary N) is 1. The van der Waals surface area contributed by atoms with Crippen molar-refractivity contribution in [2.45, 2.75) is 57.8 Å². The molecule has 1 aromatic heterocycles. The number of aromatic nitrogens is 1. The second-order valence-electron chi connectivity index (χ2n) is 7.54. The smallest absolute Gasteiger partial charge is 0.138 e. The molecule has 25 heavy (non-hydrogen) atoms. The fourth-order valence-corrected chi connectivity index (χ4v) is 4.27. The fourth-order valence-electron chi connectivity index (χ4n) is 4.27. The summed E-state index contributed by atoms with van der Waals surface area (Å²) in [6.45, 7) is 6.42. The monoisotopic (exact) mass is 341 g/mol. The normalized spacial score (nSPS) is 24.6. The third kappa shape index (κ3) is 3.50. The van der Waals surface area contributed by atoms with Crippen LogP contribution >= 0.6 is 0 Å². The SMILES string of the molecule is Cc1noc(C)c1CN1CC[C@@H](NC2Cc3ccccc3C2)[C@H](O)C1. The predicted octanol–water partition coefficient (Wildman–Crippen LogP) is 1.98. The van der Waals surface area contributed by atoms with E-state index in [4.69, 9.17) is 4.52 Å². The zero-order valence-corrected chi connectivity index (χ0v) is 15.0. The number of aliphatic hydroxyl groups is 1. The van der Waals surface area contributed by atoms with Gasteiger partial charge in [-0.25, -0.2) is 0 Å². The Morgan fingerprint density at radius 1 is 1.24 bits per heavy atom. The summed E-state index contributed by atoms with van der Waals surface area (Å²) in [6, 6.07) is 9.30. The molecular formula is C20H27N3O2. The number of aryl methyl sites for hydroxylation is 2. The van der Waals surface area contributed by atoms with E-state index in [2.05, 4.69) is 39.6 Å². The topological polar surface area (TPSA) is 61.5 Å². The van der Waals surface area contributed by atoms with Crippen LogP contribution in [0.15, 0.2) is 28.8 Å². The number of aliphatic hydroxyl groups excluding tert-OH is 1. The molecule has 4 rings (SSSR count). The molecule has 134 valence electrons. The third-order valence-electron chi connectivity index (χ3n) is 5.73. The van der Waals surface area contributed by atoms with Crippen LogP contribution in [-0.4, -0.2) is 46.4 Å². The molecule has 0 saturated carbocycles. The number of piperidine rings is 1. The summed E-state index contributed by atoms with van der Waals surface area (Å²) in [5.41, 5.74) is 5.01. The van der Waals surface area contributed by atoms with Crippen LogP contribution in [0.2, 0.25) is 0 Å². The van der Waals surface area contributed by atoms with Gasteiger partial charge < -0.3 is 14.9 Å². The molecule has 1 aromatic carbocycles. The van der Waals surface area contributed by atoms with Crippen LogP contribution in [0.5, 0.6) is 0 Å². The average molecular weight is 341 g/mol. The van der Waals surface area contributed by atoms with E-state index in [0.29, 0.717) is 12.6 Å². The quantitative estimate of drug-likeness (QED) is 0.890. The molecule has 0 radical (unpaired) electrons. The van der Waals surface area contributed by atoms with Crippen LogP contribution in [-0.2, 0) is 19.4 Å². The van der Waals surface area contributed by atoms with Gasteiger partial charge in [-0.3, -0.25) is 4.90 Å². The van der Waals surface area contributed by atoms with Crippen molar-refractivity contribution in [1.29, 1.82) is 0 Å². The zero-order chi connectivity index (χ0) is 17.4. The molecule has 5 nitrogen and oxygen atoms in total. The number of nitrogens with zero attached hydrogens (tertiary/aromatic N) is 2. The number of rotatable bonds is 4. The van der Waals surface area contributed by atoms with Gasteiger partial charge in [0.15, 0.2) is 0 Å². The standard InChI is InChI=1S/C20H27N3O2/c1-13-18(14(2)25-22-13)11-23-8-7-19(20(24)12-23)21-17-9-15-5-3-4-6-16(15)10-17/h3-6,17,19-21,24H,7-12H2,1-2H3/t19-,20-/m1/s1. The number of fused-ring (bicyclic) bond motifs is 1. The van der Waals surface area contributed by atoms with Gasteiger partial charge in [0.25, 0.3) is 0 Å². The molecule has 1 aliphatic heterocycles. The summed E-state index contributed by atoms with van der Waals surface area (Å²) in [6.07, 6.45) is 2.78. The van der Waals surface area contributed by atoms with Gasteiger partial charge >= 0.3 is 0 Å². The molecule has 0 unspecified atom stereocenters. The van der Waals surface area contributed by atoms with Crippen LogP contribution in [0.4, 0.5) is 0 Å². The molecule has 2 aromatic rings. The minimum absolute atomic E-state index is 0.181. The molecule has 0 amide bonds. The van der Waals surface area contributed by atoms with Crippen molar-refractivity contribution in [2.24, 2.45) is 0 Å². The third-order valence-corrected chi connectivity index (χ3v) is 5.73. The van der Waals surface area contributed by atoms with Gasteiger partial charge in [0, 0.05) is 37.3 Å². The van der Waals surface area contributed by atoms with Gasteiger partial charge in [-0.05, 0) is 44.2 Å². The van der Waals surface area contributed by atoms with Crippen molar-refractivity contribution in [3.63, 3.8) is 0 Å². The largest absolute Gasteiger partial charge is 0.390 e. The molecular weight excluding hydrogens is 314 g/mol. The molecule has 2 atom stereocenters. The molecule has 2 N–H and O–H groups in total. The minimum Gasteiger partial charge on any atom is -0.390 e. The lowest BCUT2D eigenvalue weighted by Crippen LogP contribution is -2.55. The van der Waals surface area contributed by atoms with Gasteiger partial charge in [0.1, 0.15) is 5.76 Å². The highest BCUT2D eigenvalue weighted by atomic mass is 16.5. The van der Waals surface area contributed by atoms with Crippen molar-refractivity contribution >= 4 is 0 Å². The maximum atomic E-state index is 10.6. The van der Waals surface area contributed by atoms with Crippen molar-refractivity contribution in [3.8, 4) is 0 Å². The summed E-state index contributed by atoms with van der Waals surface area (Å²) < 4.78 is 5.25. The Bertz CT molecular complexity index is 698. The van der Waals surface area contributed by atoms with Crippen LogP contribution in [0, 0.1) is 13.8 Å². The molecule has 0 bridgehead atoms. The highest BCUT2D eigenvalue weighted by Crippen LogP contribution is 2.24. The molecule has 1 aliphatic carbocycles.